The average molecular weight is 458 g/mol. The summed E-state index contributed by atoms with van der Waals surface area (Å²) < 4.78 is 5.16. The van der Waals surface area contributed by atoms with Crippen LogP contribution in [0.2, 0.25) is 5.02 Å². The monoisotopic (exact) mass is 457 g/mol. The Bertz CT molecular complexity index is 1210. The van der Waals surface area contributed by atoms with Crippen molar-refractivity contribution in [2.24, 2.45) is 0 Å². The van der Waals surface area contributed by atoms with Gasteiger partial charge in [-0.2, -0.15) is 0 Å². The molecule has 31 heavy (non-hydrogen) atoms. The zero-order chi connectivity index (χ0) is 21.8. The number of carbonyl (C=O) groups excluding carboxylic acids is 2. The third kappa shape index (κ3) is 3.37. The van der Waals surface area contributed by atoms with Crippen molar-refractivity contribution >= 4 is 56.0 Å². The molecule has 1 atom stereocenters. The third-order valence-corrected chi connectivity index (χ3v) is 7.09. The van der Waals surface area contributed by atoms with Crippen molar-refractivity contribution < 1.29 is 14.3 Å². The molecular weight excluding hydrogens is 438 g/mol. The van der Waals surface area contributed by atoms with E-state index < -0.39 is 0 Å². The standard InChI is InChI=1S/C21H20ClN5O3S/c1-12(28)26-8-7-21(10-26)11-27(16-5-3-13(22)9-14(16)21)20(29)25-19-23-15-4-6-17(30-2)24-18(15)31-19/h3-6,9H,7-8,10-11H2,1-2H3,(H,23,25,29). The number of aromatic nitrogens is 2. The first-order valence-corrected chi connectivity index (χ1v) is 11.0. The number of benzene rings is 1. The first-order chi connectivity index (χ1) is 14.9. The quantitative estimate of drug-likeness (QED) is 0.630. The Kier molecular flexibility index (Phi) is 4.75. The van der Waals surface area contributed by atoms with E-state index in [2.05, 4.69) is 15.3 Å². The lowest BCUT2D eigenvalue weighted by molar-refractivity contribution is -0.127. The number of anilines is 2. The van der Waals surface area contributed by atoms with Crippen molar-refractivity contribution in [2.45, 2.75) is 18.8 Å². The minimum Gasteiger partial charge on any atom is -0.481 e. The van der Waals surface area contributed by atoms with Gasteiger partial charge in [-0.1, -0.05) is 22.9 Å². The van der Waals surface area contributed by atoms with Crippen LogP contribution < -0.4 is 15.0 Å². The second-order valence-corrected chi connectivity index (χ2v) is 9.26. The minimum absolute atomic E-state index is 0.0424. The van der Waals surface area contributed by atoms with E-state index in [0.717, 1.165) is 17.7 Å². The molecule has 0 radical (unpaired) electrons. The van der Waals surface area contributed by atoms with Crippen LogP contribution in [-0.4, -0.2) is 53.6 Å². The highest BCUT2D eigenvalue weighted by atomic mass is 35.5. The normalized spacial score (nSPS) is 19.8. The van der Waals surface area contributed by atoms with Crippen LogP contribution in [0.25, 0.3) is 10.3 Å². The van der Waals surface area contributed by atoms with E-state index in [1.807, 2.05) is 23.1 Å². The largest absolute Gasteiger partial charge is 0.481 e. The zero-order valence-corrected chi connectivity index (χ0v) is 18.6. The van der Waals surface area contributed by atoms with Gasteiger partial charge in [0, 0.05) is 48.7 Å². The number of hydrogen-bond donors (Lipinski definition) is 1. The van der Waals surface area contributed by atoms with Crippen LogP contribution >= 0.6 is 22.9 Å². The highest BCUT2D eigenvalue weighted by Crippen LogP contribution is 2.47. The van der Waals surface area contributed by atoms with Gasteiger partial charge in [0.2, 0.25) is 11.8 Å². The van der Waals surface area contributed by atoms with Gasteiger partial charge in [0.05, 0.1) is 7.11 Å². The molecule has 1 fully saturated rings. The van der Waals surface area contributed by atoms with Crippen LogP contribution in [-0.2, 0) is 10.2 Å². The van der Waals surface area contributed by atoms with Crippen LogP contribution in [0.3, 0.4) is 0 Å². The Hall–Kier alpha value is -2.91. The second-order valence-electron chi connectivity index (χ2n) is 7.85. The van der Waals surface area contributed by atoms with Crippen LogP contribution in [0.5, 0.6) is 5.88 Å². The molecule has 1 aromatic carbocycles. The topological polar surface area (TPSA) is 87.7 Å². The van der Waals surface area contributed by atoms with Crippen LogP contribution in [0.4, 0.5) is 15.6 Å². The van der Waals surface area contributed by atoms with Gasteiger partial charge < -0.3 is 9.64 Å². The summed E-state index contributed by atoms with van der Waals surface area (Å²) in [6.07, 6.45) is 0.786. The van der Waals surface area contributed by atoms with Crippen LogP contribution in [0.15, 0.2) is 30.3 Å². The summed E-state index contributed by atoms with van der Waals surface area (Å²) in [6.45, 7) is 3.30. The first-order valence-electron chi connectivity index (χ1n) is 9.84. The molecule has 1 unspecified atom stereocenters. The smallest absolute Gasteiger partial charge is 0.328 e. The number of ether oxygens (including phenoxy) is 1. The van der Waals surface area contributed by atoms with Crippen molar-refractivity contribution in [3.05, 3.63) is 40.9 Å². The van der Waals surface area contributed by atoms with Crippen molar-refractivity contribution in [3.8, 4) is 5.88 Å². The first kappa shape index (κ1) is 20.0. The molecule has 2 aliphatic rings. The van der Waals surface area contributed by atoms with E-state index >= 15 is 0 Å². The molecule has 3 amide bonds. The highest BCUT2D eigenvalue weighted by molar-refractivity contribution is 7.22. The number of nitrogens with zero attached hydrogens (tertiary/aromatic N) is 4. The molecule has 8 nitrogen and oxygen atoms in total. The maximum absolute atomic E-state index is 13.2. The molecule has 1 saturated heterocycles. The van der Waals surface area contributed by atoms with Gasteiger partial charge in [-0.05, 0) is 36.2 Å². The number of methoxy groups -OCH3 is 1. The van der Waals surface area contributed by atoms with Crippen molar-refractivity contribution in [2.75, 3.05) is 37.0 Å². The number of likely N-dealkylation sites (tertiary alicyclic amines) is 1. The van der Waals surface area contributed by atoms with E-state index in [4.69, 9.17) is 16.3 Å². The van der Waals surface area contributed by atoms with Gasteiger partial charge in [-0.3, -0.25) is 15.0 Å². The number of hydrogen-bond acceptors (Lipinski definition) is 6. The minimum atomic E-state index is -0.314. The van der Waals surface area contributed by atoms with E-state index in [0.29, 0.717) is 46.0 Å². The number of thiazole rings is 1. The summed E-state index contributed by atoms with van der Waals surface area (Å²) in [6, 6.07) is 8.84. The Morgan fingerprint density at radius 1 is 1.23 bits per heavy atom. The maximum atomic E-state index is 13.2. The zero-order valence-electron chi connectivity index (χ0n) is 17.0. The Morgan fingerprint density at radius 2 is 2.06 bits per heavy atom. The number of urea groups is 1. The Balaban J connectivity index is 1.44. The third-order valence-electron chi connectivity index (χ3n) is 5.98. The Labute approximate surface area is 187 Å². The summed E-state index contributed by atoms with van der Waals surface area (Å²) in [7, 11) is 1.56. The fourth-order valence-corrected chi connectivity index (χ4v) is 5.43. The number of rotatable bonds is 2. The van der Waals surface area contributed by atoms with Gasteiger partial charge >= 0.3 is 6.03 Å². The number of carbonyl (C=O) groups is 2. The predicted octanol–water partition coefficient (Wildman–Crippen LogP) is 3.90. The van der Waals surface area contributed by atoms with Crippen molar-refractivity contribution in [1.82, 2.24) is 14.9 Å². The second kappa shape index (κ2) is 7.35. The molecule has 0 saturated carbocycles. The molecule has 10 heteroatoms. The number of fused-ring (bicyclic) bond motifs is 3. The summed E-state index contributed by atoms with van der Waals surface area (Å²) >= 11 is 7.58. The molecule has 1 spiro atoms. The van der Waals surface area contributed by atoms with E-state index in [1.54, 1.807) is 31.1 Å². The molecule has 4 heterocycles. The van der Waals surface area contributed by atoms with Crippen LogP contribution in [0.1, 0.15) is 18.9 Å². The van der Waals surface area contributed by atoms with Gasteiger partial charge in [0.15, 0.2) is 5.13 Å². The van der Waals surface area contributed by atoms with E-state index in [9.17, 15) is 9.59 Å². The van der Waals surface area contributed by atoms with Gasteiger partial charge in [0.1, 0.15) is 10.3 Å². The van der Waals surface area contributed by atoms with Gasteiger partial charge in [0.25, 0.3) is 0 Å². The number of amides is 3. The van der Waals surface area contributed by atoms with Crippen molar-refractivity contribution in [1.29, 1.82) is 0 Å². The predicted molar refractivity (Wildman–Crippen MR) is 120 cm³/mol. The molecule has 5 rings (SSSR count). The van der Waals surface area contributed by atoms with Crippen LogP contribution in [0, 0.1) is 0 Å². The molecule has 0 aliphatic carbocycles. The number of pyridine rings is 1. The van der Waals surface area contributed by atoms with E-state index in [1.165, 1.54) is 11.3 Å². The lowest BCUT2D eigenvalue weighted by Gasteiger charge is -2.25. The molecule has 160 valence electrons. The maximum Gasteiger partial charge on any atom is 0.328 e. The van der Waals surface area contributed by atoms with Gasteiger partial charge in [-0.25, -0.2) is 14.8 Å². The lowest BCUT2D eigenvalue weighted by Crippen LogP contribution is -2.41. The summed E-state index contributed by atoms with van der Waals surface area (Å²) in [4.78, 5) is 38.2. The van der Waals surface area contributed by atoms with Gasteiger partial charge in [-0.15, -0.1) is 0 Å². The molecule has 2 aliphatic heterocycles. The fraction of sp³-hybridized carbons (Fsp3) is 0.333. The fourth-order valence-electron chi connectivity index (χ4n) is 4.44. The lowest BCUT2D eigenvalue weighted by atomic mass is 9.81. The highest BCUT2D eigenvalue weighted by Gasteiger charge is 2.49. The van der Waals surface area contributed by atoms with E-state index in [-0.39, 0.29) is 17.4 Å². The molecular formula is C21H20ClN5O3S. The average Bonchev–Trinajstić information content (AvgIpc) is 3.43. The molecule has 1 N–H and O–H groups in total. The summed E-state index contributed by atoms with van der Waals surface area (Å²) in [5.74, 6) is 0.540. The molecule has 0 bridgehead atoms. The SMILES string of the molecule is COc1ccc2nc(NC(=O)N3CC4(CCN(C(C)=O)C4)c4cc(Cl)ccc43)sc2n1. The number of nitrogens with one attached hydrogen (secondary N) is 1. The molecule has 2 aromatic heterocycles. The Morgan fingerprint density at radius 3 is 2.81 bits per heavy atom. The van der Waals surface area contributed by atoms with Crippen molar-refractivity contribution in [3.63, 3.8) is 0 Å². The number of halogens is 1. The molecule has 3 aromatic rings. The summed E-state index contributed by atoms with van der Waals surface area (Å²) in [5.41, 5.74) is 2.20. The summed E-state index contributed by atoms with van der Waals surface area (Å²) in [5, 5.41) is 3.99.